The Morgan fingerprint density at radius 3 is 2.56 bits per heavy atom. The summed E-state index contributed by atoms with van der Waals surface area (Å²) < 4.78 is 0. The number of carbonyl (C=O) groups excluding carboxylic acids is 1. The van der Waals surface area contributed by atoms with Crippen LogP contribution in [0.2, 0.25) is 0 Å². The van der Waals surface area contributed by atoms with Crippen LogP contribution in [-0.2, 0) is 4.79 Å². The lowest BCUT2D eigenvalue weighted by Gasteiger charge is -2.31. The van der Waals surface area contributed by atoms with Crippen LogP contribution in [-0.4, -0.2) is 47.7 Å². The largest absolute Gasteiger partial charge is 0.389 e. The third-order valence-corrected chi connectivity index (χ3v) is 3.53. The molecule has 4 heteroatoms. The fourth-order valence-corrected chi connectivity index (χ4v) is 2.74. The molecule has 0 spiro atoms. The number of aliphatic hydroxyl groups is 1. The van der Waals surface area contributed by atoms with Gasteiger partial charge in [-0.15, -0.1) is 0 Å². The molecule has 1 saturated carbocycles. The van der Waals surface area contributed by atoms with Gasteiger partial charge in [-0.05, 0) is 39.7 Å². The molecular weight excluding hydrogens is 228 g/mol. The van der Waals surface area contributed by atoms with Gasteiger partial charge < -0.3 is 10.4 Å². The molecule has 0 radical (unpaired) electrons. The Kier molecular flexibility index (Phi) is 5.60. The topological polar surface area (TPSA) is 52.6 Å². The van der Waals surface area contributed by atoms with Crippen molar-refractivity contribution in [3.8, 4) is 0 Å². The molecule has 0 aliphatic heterocycles. The Morgan fingerprint density at radius 2 is 2.00 bits per heavy atom. The third-order valence-electron chi connectivity index (χ3n) is 3.53. The minimum absolute atomic E-state index is 0.0699. The highest BCUT2D eigenvalue weighted by atomic mass is 16.3. The summed E-state index contributed by atoms with van der Waals surface area (Å²) in [6, 6.07) is 0.335. The molecule has 1 rings (SSSR count). The van der Waals surface area contributed by atoms with Gasteiger partial charge in [0.2, 0.25) is 5.91 Å². The highest BCUT2D eigenvalue weighted by molar-refractivity contribution is 5.78. The van der Waals surface area contributed by atoms with Crippen LogP contribution < -0.4 is 5.32 Å². The average molecular weight is 256 g/mol. The fourth-order valence-electron chi connectivity index (χ4n) is 2.74. The molecule has 0 aromatic carbocycles. The first-order valence-electron chi connectivity index (χ1n) is 6.98. The standard InChI is InChI=1S/C14H28N2O2/c1-11-7-5-6-8-12(11)15-13(17)9-16(4)10-14(2,3)18/h11-12,18H,5-10H2,1-4H3,(H,15,17). The maximum atomic E-state index is 11.9. The molecule has 18 heavy (non-hydrogen) atoms. The van der Waals surface area contributed by atoms with E-state index in [1.807, 2.05) is 11.9 Å². The summed E-state index contributed by atoms with van der Waals surface area (Å²) in [4.78, 5) is 13.8. The van der Waals surface area contributed by atoms with Gasteiger partial charge in [0.25, 0.3) is 0 Å². The summed E-state index contributed by atoms with van der Waals surface area (Å²) >= 11 is 0. The zero-order chi connectivity index (χ0) is 13.8. The van der Waals surface area contributed by atoms with Gasteiger partial charge in [0.15, 0.2) is 0 Å². The molecule has 0 aromatic rings. The zero-order valence-corrected chi connectivity index (χ0v) is 12.2. The smallest absolute Gasteiger partial charge is 0.234 e. The van der Waals surface area contributed by atoms with E-state index in [1.54, 1.807) is 13.8 Å². The number of nitrogens with zero attached hydrogens (tertiary/aromatic N) is 1. The number of nitrogens with one attached hydrogen (secondary N) is 1. The van der Waals surface area contributed by atoms with Crippen LogP contribution in [0.5, 0.6) is 0 Å². The SMILES string of the molecule is CC1CCCCC1NC(=O)CN(C)CC(C)(C)O. The number of amides is 1. The highest BCUT2D eigenvalue weighted by Gasteiger charge is 2.24. The Morgan fingerprint density at radius 1 is 1.39 bits per heavy atom. The number of rotatable bonds is 5. The quantitative estimate of drug-likeness (QED) is 0.781. The summed E-state index contributed by atoms with van der Waals surface area (Å²) in [7, 11) is 1.86. The second-order valence-corrected chi connectivity index (χ2v) is 6.42. The summed E-state index contributed by atoms with van der Waals surface area (Å²) in [6.45, 7) is 6.58. The van der Waals surface area contributed by atoms with E-state index in [1.165, 1.54) is 19.3 Å². The number of hydrogen-bond donors (Lipinski definition) is 2. The molecule has 1 aliphatic carbocycles. The van der Waals surface area contributed by atoms with E-state index >= 15 is 0 Å². The van der Waals surface area contributed by atoms with E-state index in [0.29, 0.717) is 25.0 Å². The maximum absolute atomic E-state index is 11.9. The summed E-state index contributed by atoms with van der Waals surface area (Å²) in [5.74, 6) is 0.655. The molecule has 0 saturated heterocycles. The monoisotopic (exact) mass is 256 g/mol. The Balaban J connectivity index is 2.32. The van der Waals surface area contributed by atoms with Gasteiger partial charge in [-0.1, -0.05) is 19.8 Å². The van der Waals surface area contributed by atoms with Crippen molar-refractivity contribution in [3.63, 3.8) is 0 Å². The molecule has 2 unspecified atom stereocenters. The lowest BCUT2D eigenvalue weighted by Crippen LogP contribution is -2.47. The predicted molar refractivity (Wildman–Crippen MR) is 73.4 cm³/mol. The normalized spacial score (nSPS) is 25.2. The minimum Gasteiger partial charge on any atom is -0.389 e. The van der Waals surface area contributed by atoms with Gasteiger partial charge >= 0.3 is 0 Å². The molecule has 4 nitrogen and oxygen atoms in total. The van der Waals surface area contributed by atoms with Crippen molar-refractivity contribution in [1.82, 2.24) is 10.2 Å². The van der Waals surface area contributed by atoms with Gasteiger partial charge in [0.1, 0.15) is 0 Å². The van der Waals surface area contributed by atoms with Crippen molar-refractivity contribution >= 4 is 5.91 Å². The van der Waals surface area contributed by atoms with E-state index in [-0.39, 0.29) is 5.91 Å². The van der Waals surface area contributed by atoms with Crippen LogP contribution in [0.15, 0.2) is 0 Å². The maximum Gasteiger partial charge on any atom is 0.234 e. The number of carbonyl (C=O) groups is 1. The Bertz CT molecular complexity index is 273. The molecule has 0 bridgehead atoms. The molecule has 0 aromatic heterocycles. The van der Waals surface area contributed by atoms with E-state index in [2.05, 4.69) is 12.2 Å². The zero-order valence-electron chi connectivity index (χ0n) is 12.2. The van der Waals surface area contributed by atoms with Crippen molar-refractivity contribution in [2.24, 2.45) is 5.92 Å². The van der Waals surface area contributed by atoms with Gasteiger partial charge in [0, 0.05) is 12.6 Å². The van der Waals surface area contributed by atoms with Gasteiger partial charge in [-0.3, -0.25) is 9.69 Å². The van der Waals surface area contributed by atoms with Crippen molar-refractivity contribution in [3.05, 3.63) is 0 Å². The summed E-state index contributed by atoms with van der Waals surface area (Å²) in [5, 5.41) is 12.8. The summed E-state index contributed by atoms with van der Waals surface area (Å²) in [6.07, 6.45) is 4.81. The van der Waals surface area contributed by atoms with Gasteiger partial charge in [-0.25, -0.2) is 0 Å². The van der Waals surface area contributed by atoms with Crippen molar-refractivity contribution in [1.29, 1.82) is 0 Å². The molecular formula is C14H28N2O2. The van der Waals surface area contributed by atoms with Crippen LogP contribution >= 0.6 is 0 Å². The molecule has 1 aliphatic rings. The molecule has 2 N–H and O–H groups in total. The van der Waals surface area contributed by atoms with Crippen LogP contribution in [0.4, 0.5) is 0 Å². The molecule has 2 atom stereocenters. The van der Waals surface area contributed by atoms with E-state index in [0.717, 1.165) is 6.42 Å². The lowest BCUT2D eigenvalue weighted by atomic mass is 9.86. The summed E-state index contributed by atoms with van der Waals surface area (Å²) in [5.41, 5.74) is -0.757. The van der Waals surface area contributed by atoms with Crippen LogP contribution in [0.3, 0.4) is 0 Å². The predicted octanol–water partition coefficient (Wildman–Crippen LogP) is 1.38. The molecule has 1 fully saturated rings. The Hall–Kier alpha value is -0.610. The van der Waals surface area contributed by atoms with E-state index in [4.69, 9.17) is 0 Å². The average Bonchev–Trinajstić information content (AvgIpc) is 2.18. The Labute approximate surface area is 111 Å². The minimum atomic E-state index is -0.757. The lowest BCUT2D eigenvalue weighted by molar-refractivity contribution is -0.123. The van der Waals surface area contributed by atoms with Crippen molar-refractivity contribution < 1.29 is 9.90 Å². The van der Waals surface area contributed by atoms with Crippen molar-refractivity contribution in [2.75, 3.05) is 20.1 Å². The fraction of sp³-hybridized carbons (Fsp3) is 0.929. The van der Waals surface area contributed by atoms with E-state index < -0.39 is 5.60 Å². The van der Waals surface area contributed by atoms with E-state index in [9.17, 15) is 9.90 Å². The van der Waals surface area contributed by atoms with Gasteiger partial charge in [-0.2, -0.15) is 0 Å². The van der Waals surface area contributed by atoms with Crippen molar-refractivity contribution in [2.45, 2.75) is 58.1 Å². The number of hydrogen-bond acceptors (Lipinski definition) is 3. The third kappa shape index (κ3) is 5.83. The highest BCUT2D eigenvalue weighted by Crippen LogP contribution is 2.23. The second-order valence-electron chi connectivity index (χ2n) is 6.42. The van der Waals surface area contributed by atoms with Crippen LogP contribution in [0, 0.1) is 5.92 Å². The first kappa shape index (κ1) is 15.4. The first-order chi connectivity index (χ1) is 8.28. The van der Waals surface area contributed by atoms with Gasteiger partial charge in [0.05, 0.1) is 12.1 Å². The van der Waals surface area contributed by atoms with Crippen LogP contribution in [0.25, 0.3) is 0 Å². The molecule has 0 heterocycles. The van der Waals surface area contributed by atoms with Crippen LogP contribution in [0.1, 0.15) is 46.5 Å². The molecule has 106 valence electrons. The first-order valence-corrected chi connectivity index (χ1v) is 6.98. The number of likely N-dealkylation sites (N-methyl/N-ethyl adjacent to an activating group) is 1. The molecule has 1 amide bonds. The second kappa shape index (κ2) is 6.53.